The molecule has 5 heteroatoms. The molecule has 0 saturated carbocycles. The summed E-state index contributed by atoms with van der Waals surface area (Å²) < 4.78 is 4.56. The Kier molecular flexibility index (Phi) is 4.55. The van der Waals surface area contributed by atoms with Gasteiger partial charge >= 0.3 is 5.97 Å². The van der Waals surface area contributed by atoms with E-state index in [1.54, 1.807) is 5.38 Å². The molecule has 0 aliphatic rings. The van der Waals surface area contributed by atoms with Gasteiger partial charge in [0.05, 0.1) is 7.11 Å². The molecule has 4 nitrogen and oxygen atoms in total. The third kappa shape index (κ3) is 3.08. The van der Waals surface area contributed by atoms with Gasteiger partial charge in [0, 0.05) is 11.9 Å². The maximum Gasteiger partial charge on any atom is 0.357 e. The van der Waals surface area contributed by atoms with Gasteiger partial charge < -0.3 is 10.1 Å². The van der Waals surface area contributed by atoms with Crippen LogP contribution in [-0.4, -0.2) is 24.6 Å². The zero-order valence-electron chi connectivity index (χ0n) is 8.37. The molecule has 0 aliphatic carbocycles. The van der Waals surface area contributed by atoms with Crippen molar-refractivity contribution >= 4 is 17.3 Å². The lowest BCUT2D eigenvalue weighted by molar-refractivity contribution is 0.0594. The molecule has 1 aromatic heterocycles. The molecule has 1 N–H and O–H groups in total. The van der Waals surface area contributed by atoms with E-state index in [1.165, 1.54) is 18.4 Å². The number of aromatic nitrogens is 1. The van der Waals surface area contributed by atoms with Gasteiger partial charge in [0.15, 0.2) is 5.69 Å². The Labute approximate surface area is 87.3 Å². The fourth-order valence-corrected chi connectivity index (χ4v) is 1.70. The highest BCUT2D eigenvalue weighted by Crippen LogP contribution is 2.10. The molecule has 0 bridgehead atoms. The smallest absolute Gasteiger partial charge is 0.357 e. The molecule has 0 aliphatic heterocycles. The molecule has 0 radical (unpaired) electrons. The number of esters is 1. The molecule has 0 aromatic carbocycles. The second-order valence-corrected chi connectivity index (χ2v) is 3.74. The van der Waals surface area contributed by atoms with Crippen molar-refractivity contribution in [1.82, 2.24) is 10.3 Å². The number of methoxy groups -OCH3 is 1. The summed E-state index contributed by atoms with van der Waals surface area (Å²) in [6.45, 7) is 3.79. The Morgan fingerprint density at radius 1 is 1.71 bits per heavy atom. The summed E-state index contributed by atoms with van der Waals surface area (Å²) in [6.07, 6.45) is 1.09. The summed E-state index contributed by atoms with van der Waals surface area (Å²) in [5.74, 6) is -0.372. The van der Waals surface area contributed by atoms with Crippen LogP contribution in [0, 0.1) is 0 Å². The van der Waals surface area contributed by atoms with Crippen LogP contribution in [0.15, 0.2) is 5.38 Å². The summed E-state index contributed by atoms with van der Waals surface area (Å²) in [7, 11) is 1.36. The average Bonchev–Trinajstić information content (AvgIpc) is 2.66. The molecule has 0 saturated heterocycles. The number of nitrogens with zero attached hydrogens (tertiary/aromatic N) is 1. The summed E-state index contributed by atoms with van der Waals surface area (Å²) in [5, 5.41) is 5.85. The van der Waals surface area contributed by atoms with E-state index in [0.29, 0.717) is 5.69 Å². The van der Waals surface area contributed by atoms with E-state index in [2.05, 4.69) is 22.0 Å². The number of ether oxygens (including phenoxy) is 1. The predicted octanol–water partition coefficient (Wildman–Crippen LogP) is 1.43. The van der Waals surface area contributed by atoms with Crippen molar-refractivity contribution in [2.45, 2.75) is 19.9 Å². The van der Waals surface area contributed by atoms with Crippen molar-refractivity contribution in [2.75, 3.05) is 13.7 Å². The number of nitrogens with one attached hydrogen (secondary N) is 1. The summed E-state index contributed by atoms with van der Waals surface area (Å²) >= 11 is 1.47. The highest BCUT2D eigenvalue weighted by atomic mass is 32.1. The molecule has 1 heterocycles. The van der Waals surface area contributed by atoms with E-state index in [1.807, 2.05) is 0 Å². The first kappa shape index (κ1) is 11.1. The van der Waals surface area contributed by atoms with E-state index in [-0.39, 0.29) is 5.97 Å². The molecule has 78 valence electrons. The summed E-state index contributed by atoms with van der Waals surface area (Å²) in [6, 6.07) is 0. The maximum absolute atomic E-state index is 11.1. The van der Waals surface area contributed by atoms with Crippen LogP contribution in [0.2, 0.25) is 0 Å². The van der Waals surface area contributed by atoms with Crippen LogP contribution in [0.4, 0.5) is 0 Å². The topological polar surface area (TPSA) is 51.2 Å². The van der Waals surface area contributed by atoms with Crippen LogP contribution >= 0.6 is 11.3 Å². The van der Waals surface area contributed by atoms with E-state index in [4.69, 9.17) is 0 Å². The lowest BCUT2D eigenvalue weighted by atomic mass is 10.5. The van der Waals surface area contributed by atoms with Gasteiger partial charge in [-0.05, 0) is 13.0 Å². The molecule has 0 atom stereocenters. The second-order valence-electron chi connectivity index (χ2n) is 2.79. The average molecular weight is 214 g/mol. The van der Waals surface area contributed by atoms with Crippen LogP contribution in [0.25, 0.3) is 0 Å². The third-order valence-corrected chi connectivity index (χ3v) is 2.50. The standard InChI is InChI=1S/C9H14N2O2S/c1-3-4-10-5-8-11-7(6-14-8)9(12)13-2/h6,10H,3-5H2,1-2H3. The molecule has 0 unspecified atom stereocenters. The summed E-state index contributed by atoms with van der Waals surface area (Å²) in [4.78, 5) is 15.2. The number of rotatable bonds is 5. The normalized spacial score (nSPS) is 10.1. The van der Waals surface area contributed by atoms with Crippen molar-refractivity contribution < 1.29 is 9.53 Å². The molecule has 0 fully saturated rings. The number of carbonyl (C=O) groups excluding carboxylic acids is 1. The van der Waals surface area contributed by atoms with Crippen molar-refractivity contribution in [3.05, 3.63) is 16.1 Å². The van der Waals surface area contributed by atoms with Crippen molar-refractivity contribution in [1.29, 1.82) is 0 Å². The Bertz CT molecular complexity index is 299. The quantitative estimate of drug-likeness (QED) is 0.595. The van der Waals surface area contributed by atoms with Gasteiger partial charge in [-0.1, -0.05) is 6.92 Å². The SMILES string of the molecule is CCCNCc1nc(C(=O)OC)cs1. The van der Waals surface area contributed by atoms with Crippen LogP contribution < -0.4 is 5.32 Å². The van der Waals surface area contributed by atoms with Gasteiger partial charge in [-0.25, -0.2) is 9.78 Å². The van der Waals surface area contributed by atoms with Crippen LogP contribution in [0.3, 0.4) is 0 Å². The summed E-state index contributed by atoms with van der Waals surface area (Å²) in [5.41, 5.74) is 0.394. The Morgan fingerprint density at radius 2 is 2.50 bits per heavy atom. The van der Waals surface area contributed by atoms with Crippen molar-refractivity contribution in [3.63, 3.8) is 0 Å². The van der Waals surface area contributed by atoms with E-state index in [0.717, 1.165) is 24.5 Å². The minimum atomic E-state index is -0.372. The van der Waals surface area contributed by atoms with Gasteiger partial charge in [-0.2, -0.15) is 0 Å². The van der Waals surface area contributed by atoms with E-state index in [9.17, 15) is 4.79 Å². The largest absolute Gasteiger partial charge is 0.464 e. The van der Waals surface area contributed by atoms with Crippen molar-refractivity contribution in [2.24, 2.45) is 0 Å². The van der Waals surface area contributed by atoms with Gasteiger partial charge in [-0.15, -0.1) is 11.3 Å². The van der Waals surface area contributed by atoms with Crippen LogP contribution in [0.1, 0.15) is 28.8 Å². The molecular formula is C9H14N2O2S. The predicted molar refractivity (Wildman–Crippen MR) is 55.5 cm³/mol. The Balaban J connectivity index is 2.46. The molecule has 0 amide bonds. The highest BCUT2D eigenvalue weighted by Gasteiger charge is 2.09. The molecular weight excluding hydrogens is 200 g/mol. The molecule has 1 aromatic rings. The van der Waals surface area contributed by atoms with E-state index < -0.39 is 0 Å². The lowest BCUT2D eigenvalue weighted by Crippen LogP contribution is -2.13. The molecule has 0 spiro atoms. The monoisotopic (exact) mass is 214 g/mol. The number of hydrogen-bond acceptors (Lipinski definition) is 5. The lowest BCUT2D eigenvalue weighted by Gasteiger charge is -1.97. The minimum Gasteiger partial charge on any atom is -0.464 e. The van der Waals surface area contributed by atoms with Gasteiger partial charge in [0.2, 0.25) is 0 Å². The Hall–Kier alpha value is -0.940. The zero-order chi connectivity index (χ0) is 10.4. The first-order valence-corrected chi connectivity index (χ1v) is 5.39. The molecule has 14 heavy (non-hydrogen) atoms. The van der Waals surface area contributed by atoms with E-state index >= 15 is 0 Å². The van der Waals surface area contributed by atoms with Crippen molar-refractivity contribution in [3.8, 4) is 0 Å². The number of thiazole rings is 1. The third-order valence-electron chi connectivity index (χ3n) is 1.65. The highest BCUT2D eigenvalue weighted by molar-refractivity contribution is 7.09. The second kappa shape index (κ2) is 5.72. The Morgan fingerprint density at radius 3 is 3.14 bits per heavy atom. The number of carbonyl (C=O) groups is 1. The fourth-order valence-electron chi connectivity index (χ4n) is 0.963. The maximum atomic E-state index is 11.1. The van der Waals surface area contributed by atoms with Gasteiger partial charge in [0.1, 0.15) is 5.01 Å². The zero-order valence-corrected chi connectivity index (χ0v) is 9.19. The first-order chi connectivity index (χ1) is 6.77. The first-order valence-electron chi connectivity index (χ1n) is 4.51. The number of hydrogen-bond donors (Lipinski definition) is 1. The van der Waals surface area contributed by atoms with Crippen LogP contribution in [-0.2, 0) is 11.3 Å². The van der Waals surface area contributed by atoms with Gasteiger partial charge in [-0.3, -0.25) is 0 Å². The van der Waals surface area contributed by atoms with Gasteiger partial charge in [0.25, 0.3) is 0 Å². The fraction of sp³-hybridized carbons (Fsp3) is 0.556. The molecule has 1 rings (SSSR count). The minimum absolute atomic E-state index is 0.372. The van der Waals surface area contributed by atoms with Crippen LogP contribution in [0.5, 0.6) is 0 Å².